The summed E-state index contributed by atoms with van der Waals surface area (Å²) in [6, 6.07) is 7.88. The molecule has 0 aliphatic carbocycles. The SMILES string of the molecule is CC1CC(C)(C)N(C)c2cc(F)c(/C=N\NC(=O)c3ccc(Cl)cc3Cl)cc21. The second kappa shape index (κ2) is 7.72. The van der Waals surface area contributed by atoms with Crippen LogP contribution in [-0.4, -0.2) is 24.7 Å². The molecule has 2 aromatic rings. The fourth-order valence-corrected chi connectivity index (χ4v) is 4.09. The maximum Gasteiger partial charge on any atom is 0.272 e. The van der Waals surface area contributed by atoms with Crippen molar-refractivity contribution in [3.05, 3.63) is 62.9 Å². The fourth-order valence-electron chi connectivity index (χ4n) is 3.60. The number of hydrogen-bond acceptors (Lipinski definition) is 3. The number of nitrogens with zero attached hydrogens (tertiary/aromatic N) is 2. The molecule has 0 saturated carbocycles. The topological polar surface area (TPSA) is 44.7 Å². The standard InChI is InChI=1S/C21H22Cl2FN3O/c1-12-10-21(2,3)27(4)19-9-18(24)13(7-16(12)19)11-25-26-20(28)15-6-5-14(22)8-17(15)23/h5-9,11-12H,10H2,1-4H3,(H,26,28)/b25-11-. The van der Waals surface area contributed by atoms with Gasteiger partial charge in [0.1, 0.15) is 5.82 Å². The summed E-state index contributed by atoms with van der Waals surface area (Å²) in [6.07, 6.45) is 2.27. The summed E-state index contributed by atoms with van der Waals surface area (Å²) in [6.45, 7) is 6.44. The molecule has 148 valence electrons. The first-order valence-electron chi connectivity index (χ1n) is 8.96. The number of hydrazone groups is 1. The Morgan fingerprint density at radius 3 is 2.71 bits per heavy atom. The maximum atomic E-state index is 14.6. The average molecular weight is 422 g/mol. The number of fused-ring (bicyclic) bond motifs is 1. The lowest BCUT2D eigenvalue weighted by molar-refractivity contribution is 0.0955. The van der Waals surface area contributed by atoms with Gasteiger partial charge in [0.2, 0.25) is 0 Å². The zero-order valence-corrected chi connectivity index (χ0v) is 17.7. The Bertz CT molecular complexity index is 959. The Morgan fingerprint density at radius 2 is 2.04 bits per heavy atom. The van der Waals surface area contributed by atoms with Gasteiger partial charge in [-0.1, -0.05) is 30.1 Å². The molecule has 0 fully saturated rings. The van der Waals surface area contributed by atoms with E-state index in [4.69, 9.17) is 23.2 Å². The lowest BCUT2D eigenvalue weighted by Gasteiger charge is -2.45. The Morgan fingerprint density at radius 1 is 1.32 bits per heavy atom. The number of halogens is 3. The summed E-state index contributed by atoms with van der Waals surface area (Å²) in [5, 5.41) is 4.55. The molecule has 1 unspecified atom stereocenters. The molecule has 4 nitrogen and oxygen atoms in total. The number of anilines is 1. The van der Waals surface area contributed by atoms with Gasteiger partial charge in [0.05, 0.1) is 16.8 Å². The van der Waals surface area contributed by atoms with Gasteiger partial charge in [0.25, 0.3) is 5.91 Å². The van der Waals surface area contributed by atoms with Crippen molar-refractivity contribution in [2.75, 3.05) is 11.9 Å². The lowest BCUT2D eigenvalue weighted by atomic mass is 9.80. The molecule has 1 aliphatic heterocycles. The highest BCUT2D eigenvalue weighted by Crippen LogP contribution is 2.43. The van der Waals surface area contributed by atoms with Gasteiger partial charge >= 0.3 is 0 Å². The second-order valence-electron chi connectivity index (χ2n) is 7.73. The van der Waals surface area contributed by atoms with Crippen LogP contribution in [0.25, 0.3) is 0 Å². The number of amides is 1. The van der Waals surface area contributed by atoms with E-state index in [1.54, 1.807) is 12.1 Å². The molecule has 1 heterocycles. The van der Waals surface area contributed by atoms with Crippen molar-refractivity contribution >= 4 is 41.0 Å². The minimum atomic E-state index is -0.494. The molecule has 28 heavy (non-hydrogen) atoms. The lowest BCUT2D eigenvalue weighted by Crippen LogP contribution is -2.45. The third-order valence-electron chi connectivity index (χ3n) is 5.30. The van der Waals surface area contributed by atoms with E-state index >= 15 is 0 Å². The smallest absolute Gasteiger partial charge is 0.272 e. The molecule has 1 N–H and O–H groups in total. The molecule has 0 saturated heterocycles. The third-order valence-corrected chi connectivity index (χ3v) is 5.85. The fraction of sp³-hybridized carbons (Fsp3) is 0.333. The summed E-state index contributed by atoms with van der Waals surface area (Å²) in [4.78, 5) is 14.3. The largest absolute Gasteiger partial charge is 0.369 e. The number of rotatable bonds is 3. The Labute approximate surface area is 174 Å². The second-order valence-corrected chi connectivity index (χ2v) is 8.58. The van der Waals surface area contributed by atoms with Crippen LogP contribution in [0.1, 0.15) is 54.6 Å². The highest BCUT2D eigenvalue weighted by Gasteiger charge is 2.34. The van der Waals surface area contributed by atoms with Crippen molar-refractivity contribution in [2.45, 2.75) is 38.6 Å². The molecular formula is C21H22Cl2FN3O. The zero-order valence-electron chi connectivity index (χ0n) is 16.2. The number of carbonyl (C=O) groups is 1. The van der Waals surface area contributed by atoms with Crippen molar-refractivity contribution < 1.29 is 9.18 Å². The normalized spacial score (nSPS) is 18.2. The van der Waals surface area contributed by atoms with E-state index in [2.05, 4.69) is 36.2 Å². The van der Waals surface area contributed by atoms with Gasteiger partial charge in [-0.15, -0.1) is 0 Å². The first-order valence-corrected chi connectivity index (χ1v) is 9.71. The molecule has 1 amide bonds. The Kier molecular flexibility index (Phi) is 5.69. The predicted octanol–water partition coefficient (Wildman–Crippen LogP) is 5.62. The van der Waals surface area contributed by atoms with Crippen LogP contribution in [0.5, 0.6) is 0 Å². The van der Waals surface area contributed by atoms with E-state index in [0.717, 1.165) is 17.7 Å². The highest BCUT2D eigenvalue weighted by molar-refractivity contribution is 6.36. The van der Waals surface area contributed by atoms with Gasteiger partial charge in [-0.25, -0.2) is 9.82 Å². The molecule has 3 rings (SSSR count). The van der Waals surface area contributed by atoms with Gasteiger partial charge in [-0.3, -0.25) is 4.79 Å². The highest BCUT2D eigenvalue weighted by atomic mass is 35.5. The van der Waals surface area contributed by atoms with Crippen LogP contribution in [0, 0.1) is 5.82 Å². The van der Waals surface area contributed by atoms with Crippen LogP contribution in [-0.2, 0) is 0 Å². The number of hydrogen-bond donors (Lipinski definition) is 1. The minimum Gasteiger partial charge on any atom is -0.369 e. The number of benzene rings is 2. The van der Waals surface area contributed by atoms with Crippen molar-refractivity contribution in [2.24, 2.45) is 5.10 Å². The molecule has 0 radical (unpaired) electrons. The number of nitrogens with one attached hydrogen (secondary N) is 1. The first-order chi connectivity index (χ1) is 13.1. The zero-order chi connectivity index (χ0) is 20.6. The Hall–Kier alpha value is -2.11. The van der Waals surface area contributed by atoms with E-state index < -0.39 is 11.7 Å². The third kappa shape index (κ3) is 4.01. The van der Waals surface area contributed by atoms with E-state index in [1.807, 2.05) is 7.05 Å². The summed E-state index contributed by atoms with van der Waals surface area (Å²) in [5.41, 5.74) is 4.85. The van der Waals surface area contributed by atoms with Gasteiger partial charge in [0, 0.05) is 28.9 Å². The average Bonchev–Trinajstić information content (AvgIpc) is 2.60. The van der Waals surface area contributed by atoms with Crippen molar-refractivity contribution in [3.63, 3.8) is 0 Å². The van der Waals surface area contributed by atoms with Crippen LogP contribution < -0.4 is 10.3 Å². The summed E-state index contributed by atoms with van der Waals surface area (Å²) in [5.74, 6) is -0.597. The van der Waals surface area contributed by atoms with Crippen LogP contribution >= 0.6 is 23.2 Å². The van der Waals surface area contributed by atoms with E-state index in [0.29, 0.717) is 10.6 Å². The summed E-state index contributed by atoms with van der Waals surface area (Å²) < 4.78 is 14.6. The van der Waals surface area contributed by atoms with Crippen molar-refractivity contribution in [3.8, 4) is 0 Å². The molecule has 2 aromatic carbocycles. The summed E-state index contributed by atoms with van der Waals surface area (Å²) >= 11 is 11.8. The number of carbonyl (C=O) groups excluding carboxylic acids is 1. The Balaban J connectivity index is 1.81. The minimum absolute atomic E-state index is 0.0414. The van der Waals surface area contributed by atoms with Crippen molar-refractivity contribution in [1.29, 1.82) is 0 Å². The monoisotopic (exact) mass is 421 g/mol. The van der Waals surface area contributed by atoms with Crippen LogP contribution in [0.15, 0.2) is 35.4 Å². The summed E-state index contributed by atoms with van der Waals surface area (Å²) in [7, 11) is 1.98. The molecule has 7 heteroatoms. The van der Waals surface area contributed by atoms with E-state index in [9.17, 15) is 9.18 Å². The van der Waals surface area contributed by atoms with Crippen LogP contribution in [0.4, 0.5) is 10.1 Å². The molecular weight excluding hydrogens is 400 g/mol. The van der Waals surface area contributed by atoms with Crippen molar-refractivity contribution in [1.82, 2.24) is 5.43 Å². The first kappa shape index (κ1) is 20.6. The van der Waals surface area contributed by atoms with Gasteiger partial charge in [-0.2, -0.15) is 5.10 Å². The van der Waals surface area contributed by atoms with E-state index in [-0.39, 0.29) is 22.0 Å². The molecule has 0 bridgehead atoms. The maximum absolute atomic E-state index is 14.6. The molecule has 0 spiro atoms. The van der Waals surface area contributed by atoms with Gasteiger partial charge in [0.15, 0.2) is 0 Å². The van der Waals surface area contributed by atoms with Crippen LogP contribution in [0.3, 0.4) is 0 Å². The molecule has 0 aromatic heterocycles. The molecule has 1 atom stereocenters. The predicted molar refractivity (Wildman–Crippen MR) is 113 cm³/mol. The van der Waals surface area contributed by atoms with E-state index in [1.165, 1.54) is 24.4 Å². The van der Waals surface area contributed by atoms with Crippen LogP contribution in [0.2, 0.25) is 10.0 Å². The molecule has 1 aliphatic rings. The van der Waals surface area contributed by atoms with Gasteiger partial charge < -0.3 is 4.90 Å². The quantitative estimate of drug-likeness (QED) is 0.516. The van der Waals surface area contributed by atoms with Gasteiger partial charge in [-0.05, 0) is 62.1 Å².